The molecule has 0 unspecified atom stereocenters. The third kappa shape index (κ3) is 3.92. The quantitative estimate of drug-likeness (QED) is 0.442. The first-order valence-corrected chi connectivity index (χ1v) is 12.2. The van der Waals surface area contributed by atoms with Gasteiger partial charge in [0.05, 0.1) is 22.6 Å². The van der Waals surface area contributed by atoms with Crippen molar-refractivity contribution in [2.24, 2.45) is 0 Å². The van der Waals surface area contributed by atoms with E-state index < -0.39 is 0 Å². The molecule has 0 bridgehead atoms. The third-order valence-electron chi connectivity index (χ3n) is 5.86. The van der Waals surface area contributed by atoms with E-state index in [1.165, 1.54) is 34.8 Å². The number of anilines is 1. The van der Waals surface area contributed by atoms with E-state index in [2.05, 4.69) is 6.07 Å². The summed E-state index contributed by atoms with van der Waals surface area (Å²) in [5.74, 6) is -0.322. The summed E-state index contributed by atoms with van der Waals surface area (Å²) in [5, 5.41) is 16.5. The van der Waals surface area contributed by atoms with Crippen LogP contribution >= 0.6 is 22.7 Å². The average molecular weight is 479 g/mol. The van der Waals surface area contributed by atoms with Crippen molar-refractivity contribution in [3.63, 3.8) is 0 Å². The van der Waals surface area contributed by atoms with Crippen molar-refractivity contribution in [2.45, 2.75) is 6.54 Å². The predicted molar refractivity (Wildman–Crippen MR) is 129 cm³/mol. The van der Waals surface area contributed by atoms with Gasteiger partial charge in [-0.1, -0.05) is 18.2 Å². The van der Waals surface area contributed by atoms with E-state index in [0.717, 1.165) is 16.5 Å². The molecule has 1 aliphatic heterocycles. The molecule has 4 heterocycles. The fourth-order valence-electron chi connectivity index (χ4n) is 4.20. The highest BCUT2D eigenvalue weighted by Crippen LogP contribution is 2.32. The molecule has 3 aromatic heterocycles. The summed E-state index contributed by atoms with van der Waals surface area (Å²) in [6.45, 7) is 2.37. The summed E-state index contributed by atoms with van der Waals surface area (Å²) in [6, 6.07) is 11.8. The zero-order valence-corrected chi connectivity index (χ0v) is 19.2. The molecule has 9 heteroatoms. The lowest BCUT2D eigenvalue weighted by Crippen LogP contribution is -2.49. The van der Waals surface area contributed by atoms with Crippen molar-refractivity contribution in [2.75, 3.05) is 31.1 Å². The molecule has 1 amide bonds. The van der Waals surface area contributed by atoms with Crippen LogP contribution in [0.5, 0.6) is 0 Å². The maximum absolute atomic E-state index is 13.4. The lowest BCUT2D eigenvalue weighted by Gasteiger charge is -2.36. The Kier molecular flexibility index (Phi) is 5.70. The lowest BCUT2D eigenvalue weighted by molar-refractivity contribution is 0.0751. The highest BCUT2D eigenvalue weighted by molar-refractivity contribution is 7.12. The molecule has 166 valence electrons. The first kappa shape index (κ1) is 21.4. The number of carbonyl (C=O) groups is 1. The number of nitriles is 1. The van der Waals surface area contributed by atoms with Crippen LogP contribution in [0.25, 0.3) is 10.9 Å². The topological polar surface area (TPSA) is 69.3 Å². The second-order valence-corrected chi connectivity index (χ2v) is 9.47. The highest BCUT2D eigenvalue weighted by Gasteiger charge is 2.27. The number of piperazine rings is 1. The monoisotopic (exact) mass is 478 g/mol. The first-order valence-electron chi connectivity index (χ1n) is 10.4. The normalized spacial score (nSPS) is 13.9. The van der Waals surface area contributed by atoms with Crippen molar-refractivity contribution < 1.29 is 9.18 Å². The van der Waals surface area contributed by atoms with Crippen LogP contribution in [0.15, 0.2) is 57.3 Å². The molecule has 5 rings (SSSR count). The molecule has 1 fully saturated rings. The van der Waals surface area contributed by atoms with E-state index in [0.29, 0.717) is 36.7 Å². The van der Waals surface area contributed by atoms with Gasteiger partial charge in [0.25, 0.3) is 11.5 Å². The summed E-state index contributed by atoms with van der Waals surface area (Å²) in [7, 11) is 0. The van der Waals surface area contributed by atoms with Gasteiger partial charge in [-0.25, -0.2) is 4.39 Å². The minimum absolute atomic E-state index is 0.0144. The molecule has 4 aromatic rings. The number of hydrogen-bond donors (Lipinski definition) is 0. The largest absolute Gasteiger partial charge is 0.366 e. The van der Waals surface area contributed by atoms with Crippen molar-refractivity contribution in [3.8, 4) is 6.07 Å². The summed E-state index contributed by atoms with van der Waals surface area (Å²) < 4.78 is 14.9. The van der Waals surface area contributed by atoms with Crippen LogP contribution < -0.4 is 10.5 Å². The van der Waals surface area contributed by atoms with Gasteiger partial charge >= 0.3 is 0 Å². The molecule has 0 aliphatic carbocycles. The molecule has 6 nitrogen and oxygen atoms in total. The Morgan fingerprint density at radius 1 is 1.09 bits per heavy atom. The van der Waals surface area contributed by atoms with Crippen LogP contribution in [-0.2, 0) is 6.54 Å². The number of carbonyl (C=O) groups excluding carboxylic acids is 1. The molecule has 0 atom stereocenters. The summed E-state index contributed by atoms with van der Waals surface area (Å²) in [6.07, 6.45) is 0. The standard InChI is InChI=1S/C24H19FN4O2S2/c25-17-5-3-16(4-6-17)13-29-20-15-32-14-19(20)22(18(12-26)23(29)30)27-7-9-28(10-8-27)24(31)21-2-1-11-33-21/h1-6,11,14-15H,7-10,13H2. The Morgan fingerprint density at radius 2 is 1.85 bits per heavy atom. The zero-order chi connectivity index (χ0) is 22.9. The van der Waals surface area contributed by atoms with Gasteiger partial charge in [-0.3, -0.25) is 9.59 Å². The molecule has 0 spiro atoms. The number of pyridine rings is 1. The van der Waals surface area contributed by atoms with E-state index in [-0.39, 0.29) is 29.4 Å². The maximum atomic E-state index is 13.4. The second-order valence-electron chi connectivity index (χ2n) is 7.78. The molecule has 1 aromatic carbocycles. The van der Waals surface area contributed by atoms with Gasteiger partial charge in [0.2, 0.25) is 0 Å². The van der Waals surface area contributed by atoms with Crippen molar-refractivity contribution >= 4 is 45.2 Å². The number of nitrogens with zero attached hydrogens (tertiary/aromatic N) is 4. The van der Waals surface area contributed by atoms with E-state index in [1.54, 1.807) is 16.7 Å². The SMILES string of the molecule is N#Cc1c(N2CCN(C(=O)c3cccs3)CC2)c2cscc2n(Cc2ccc(F)cc2)c1=O. The van der Waals surface area contributed by atoms with Gasteiger partial charge in [0.15, 0.2) is 0 Å². The fraction of sp³-hybridized carbons (Fsp3) is 0.208. The molecule has 33 heavy (non-hydrogen) atoms. The van der Waals surface area contributed by atoms with Gasteiger partial charge in [-0.05, 0) is 29.1 Å². The van der Waals surface area contributed by atoms with E-state index in [4.69, 9.17) is 0 Å². The van der Waals surface area contributed by atoms with Crippen molar-refractivity contribution in [1.29, 1.82) is 5.26 Å². The van der Waals surface area contributed by atoms with Gasteiger partial charge in [0.1, 0.15) is 17.4 Å². The molecule has 0 saturated carbocycles. The van der Waals surface area contributed by atoms with Crippen LogP contribution in [0.2, 0.25) is 0 Å². The Balaban J connectivity index is 1.48. The van der Waals surface area contributed by atoms with Crippen LogP contribution in [0.1, 0.15) is 20.8 Å². The molecule has 1 saturated heterocycles. The van der Waals surface area contributed by atoms with Gasteiger partial charge in [-0.2, -0.15) is 5.26 Å². The predicted octanol–water partition coefficient (Wildman–Crippen LogP) is 4.15. The summed E-state index contributed by atoms with van der Waals surface area (Å²) in [4.78, 5) is 30.6. The highest BCUT2D eigenvalue weighted by atomic mass is 32.1. The van der Waals surface area contributed by atoms with E-state index >= 15 is 0 Å². The Hall–Kier alpha value is -3.48. The lowest BCUT2D eigenvalue weighted by atomic mass is 10.1. The molecular formula is C24H19FN4O2S2. The maximum Gasteiger partial charge on any atom is 0.271 e. The van der Waals surface area contributed by atoms with Crippen molar-refractivity contribution in [1.82, 2.24) is 9.47 Å². The first-order chi connectivity index (χ1) is 16.1. The zero-order valence-electron chi connectivity index (χ0n) is 17.5. The minimum atomic E-state index is -0.361. The number of hydrogen-bond acceptors (Lipinski definition) is 6. The van der Waals surface area contributed by atoms with Gasteiger partial charge < -0.3 is 14.4 Å². The second kappa shape index (κ2) is 8.81. The molecule has 0 N–H and O–H groups in total. The number of rotatable bonds is 4. The Bertz CT molecular complexity index is 1410. The number of benzene rings is 1. The Morgan fingerprint density at radius 3 is 2.52 bits per heavy atom. The number of halogens is 1. The number of amides is 1. The summed E-state index contributed by atoms with van der Waals surface area (Å²) in [5.41, 5.74) is 1.90. The Labute approximate surface area is 197 Å². The van der Waals surface area contributed by atoms with Gasteiger partial charge in [0, 0.05) is 42.3 Å². The van der Waals surface area contributed by atoms with E-state index in [9.17, 15) is 19.2 Å². The van der Waals surface area contributed by atoms with Crippen LogP contribution in [0.3, 0.4) is 0 Å². The van der Waals surface area contributed by atoms with Crippen LogP contribution in [-0.4, -0.2) is 41.6 Å². The summed E-state index contributed by atoms with van der Waals surface area (Å²) >= 11 is 2.90. The fourth-order valence-corrected chi connectivity index (χ4v) is 5.72. The number of fused-ring (bicyclic) bond motifs is 1. The van der Waals surface area contributed by atoms with Crippen molar-refractivity contribution in [3.05, 3.63) is 84.7 Å². The molecular weight excluding hydrogens is 459 g/mol. The molecule has 0 radical (unpaired) electrons. The number of thiophene rings is 2. The molecule has 1 aliphatic rings. The van der Waals surface area contributed by atoms with E-state index in [1.807, 2.05) is 38.1 Å². The average Bonchev–Trinajstić information content (AvgIpc) is 3.54. The minimum Gasteiger partial charge on any atom is -0.366 e. The van der Waals surface area contributed by atoms with Crippen LogP contribution in [0.4, 0.5) is 10.1 Å². The smallest absolute Gasteiger partial charge is 0.271 e. The number of aromatic nitrogens is 1. The van der Waals surface area contributed by atoms with Crippen LogP contribution in [0, 0.1) is 17.1 Å². The van der Waals surface area contributed by atoms with Gasteiger partial charge in [-0.15, -0.1) is 22.7 Å². The third-order valence-corrected chi connectivity index (χ3v) is 7.45.